The molecule has 1 fully saturated rings. The number of amides is 1. The first-order chi connectivity index (χ1) is 9.30. The zero-order valence-corrected chi connectivity index (χ0v) is 10.9. The Kier molecular flexibility index (Phi) is 3.99. The van der Waals surface area contributed by atoms with E-state index >= 15 is 0 Å². The molecule has 0 unspecified atom stereocenters. The average molecular weight is 290 g/mol. The average Bonchev–Trinajstić information content (AvgIpc) is 2.37. The molecule has 0 aliphatic carbocycles. The van der Waals surface area contributed by atoms with E-state index in [0.717, 1.165) is 12.1 Å². The van der Waals surface area contributed by atoms with Gasteiger partial charge >= 0.3 is 6.18 Å². The molecule has 0 aromatic heterocycles. The van der Waals surface area contributed by atoms with Crippen molar-refractivity contribution in [3.63, 3.8) is 0 Å². The van der Waals surface area contributed by atoms with Crippen molar-refractivity contribution in [1.29, 1.82) is 0 Å². The van der Waals surface area contributed by atoms with E-state index in [1.165, 1.54) is 4.90 Å². The van der Waals surface area contributed by atoms with Gasteiger partial charge < -0.3 is 9.80 Å². The van der Waals surface area contributed by atoms with Gasteiger partial charge in [-0.3, -0.25) is 4.79 Å². The van der Waals surface area contributed by atoms with Crippen LogP contribution in [0.4, 0.5) is 17.6 Å². The third kappa shape index (κ3) is 2.92. The Morgan fingerprint density at radius 2 is 1.75 bits per heavy atom. The third-order valence-electron chi connectivity index (χ3n) is 3.33. The van der Waals surface area contributed by atoms with Gasteiger partial charge in [-0.1, -0.05) is 6.07 Å². The molecule has 3 nitrogen and oxygen atoms in total. The highest BCUT2D eigenvalue weighted by molar-refractivity contribution is 5.94. The number of piperazine rings is 1. The number of benzene rings is 1. The van der Waals surface area contributed by atoms with Gasteiger partial charge in [0.1, 0.15) is 5.82 Å². The predicted octanol–water partition coefficient (Wildman–Crippen LogP) is 2.23. The molecular formula is C13H14F4N2O. The van der Waals surface area contributed by atoms with E-state index < -0.39 is 29.0 Å². The van der Waals surface area contributed by atoms with E-state index in [4.69, 9.17) is 0 Å². The molecule has 1 heterocycles. The van der Waals surface area contributed by atoms with E-state index in [2.05, 4.69) is 0 Å². The molecular weight excluding hydrogens is 276 g/mol. The molecule has 1 aliphatic heterocycles. The van der Waals surface area contributed by atoms with Crippen LogP contribution in [0.5, 0.6) is 0 Å². The molecule has 0 atom stereocenters. The number of likely N-dealkylation sites (N-methyl/N-ethyl adjacent to an activating group) is 1. The molecule has 20 heavy (non-hydrogen) atoms. The first kappa shape index (κ1) is 14.8. The summed E-state index contributed by atoms with van der Waals surface area (Å²) in [6.45, 7) is 1.99. The van der Waals surface area contributed by atoms with Crippen LogP contribution >= 0.6 is 0 Å². The Labute approximate surface area is 113 Å². The van der Waals surface area contributed by atoms with Crippen molar-refractivity contribution < 1.29 is 22.4 Å². The van der Waals surface area contributed by atoms with Gasteiger partial charge in [-0.25, -0.2) is 4.39 Å². The van der Waals surface area contributed by atoms with E-state index in [-0.39, 0.29) is 0 Å². The lowest BCUT2D eigenvalue weighted by Crippen LogP contribution is -2.47. The second kappa shape index (κ2) is 5.40. The van der Waals surface area contributed by atoms with Crippen LogP contribution < -0.4 is 0 Å². The normalized spacial score (nSPS) is 17.4. The molecule has 2 rings (SSSR count). The largest absolute Gasteiger partial charge is 0.419 e. The Balaban J connectivity index is 2.27. The number of nitrogens with zero attached hydrogens (tertiary/aromatic N) is 2. The van der Waals surface area contributed by atoms with Gasteiger partial charge in [0.25, 0.3) is 5.91 Å². The quantitative estimate of drug-likeness (QED) is 0.741. The van der Waals surface area contributed by atoms with Crippen molar-refractivity contribution in [3.8, 4) is 0 Å². The van der Waals surface area contributed by atoms with Gasteiger partial charge in [-0.2, -0.15) is 13.2 Å². The van der Waals surface area contributed by atoms with Crippen LogP contribution in [0.15, 0.2) is 18.2 Å². The van der Waals surface area contributed by atoms with E-state index in [0.29, 0.717) is 32.2 Å². The molecule has 0 bridgehead atoms. The fraction of sp³-hybridized carbons (Fsp3) is 0.462. The number of rotatable bonds is 1. The maximum Gasteiger partial charge on any atom is 0.419 e. The summed E-state index contributed by atoms with van der Waals surface area (Å²) in [5, 5.41) is 0. The molecule has 1 amide bonds. The summed E-state index contributed by atoms with van der Waals surface area (Å²) in [4.78, 5) is 15.5. The first-order valence-electron chi connectivity index (χ1n) is 6.14. The molecule has 0 spiro atoms. The molecule has 1 aliphatic rings. The smallest absolute Gasteiger partial charge is 0.336 e. The second-order valence-corrected chi connectivity index (χ2v) is 4.76. The molecule has 7 heteroatoms. The zero-order valence-electron chi connectivity index (χ0n) is 10.9. The van der Waals surface area contributed by atoms with Gasteiger partial charge in [0.05, 0.1) is 11.1 Å². The van der Waals surface area contributed by atoms with Crippen LogP contribution in [0.25, 0.3) is 0 Å². The first-order valence-corrected chi connectivity index (χ1v) is 6.14. The van der Waals surface area contributed by atoms with Crippen molar-refractivity contribution in [3.05, 3.63) is 35.1 Å². The Morgan fingerprint density at radius 1 is 1.15 bits per heavy atom. The number of carbonyl (C=O) groups excluding carboxylic acids is 1. The summed E-state index contributed by atoms with van der Waals surface area (Å²) in [7, 11) is 1.88. The van der Waals surface area contributed by atoms with Crippen LogP contribution in [-0.2, 0) is 6.18 Å². The summed E-state index contributed by atoms with van der Waals surface area (Å²) in [5.41, 5.74) is -1.93. The number of carbonyl (C=O) groups is 1. The summed E-state index contributed by atoms with van der Waals surface area (Å²) >= 11 is 0. The van der Waals surface area contributed by atoms with Crippen molar-refractivity contribution in [2.75, 3.05) is 33.2 Å². The molecule has 0 N–H and O–H groups in total. The van der Waals surface area contributed by atoms with Crippen molar-refractivity contribution in [1.82, 2.24) is 9.80 Å². The fourth-order valence-electron chi connectivity index (χ4n) is 2.10. The van der Waals surface area contributed by atoms with Gasteiger partial charge in [0, 0.05) is 26.2 Å². The van der Waals surface area contributed by atoms with Gasteiger partial charge in [-0.15, -0.1) is 0 Å². The van der Waals surface area contributed by atoms with Crippen LogP contribution in [0.3, 0.4) is 0 Å². The molecule has 0 saturated carbocycles. The lowest BCUT2D eigenvalue weighted by Gasteiger charge is -2.32. The predicted molar refractivity (Wildman–Crippen MR) is 64.8 cm³/mol. The minimum Gasteiger partial charge on any atom is -0.336 e. The SMILES string of the molecule is CN1CCN(C(=O)c2cccc(C(F)(F)F)c2F)CC1. The summed E-state index contributed by atoms with van der Waals surface area (Å²) < 4.78 is 51.7. The Bertz CT molecular complexity index is 508. The summed E-state index contributed by atoms with van der Waals surface area (Å²) in [6, 6.07) is 2.77. The van der Waals surface area contributed by atoms with Gasteiger partial charge in [0.15, 0.2) is 0 Å². The topological polar surface area (TPSA) is 23.6 Å². The van der Waals surface area contributed by atoms with E-state index in [1.807, 2.05) is 11.9 Å². The molecule has 1 aromatic carbocycles. The van der Waals surface area contributed by atoms with E-state index in [1.54, 1.807) is 0 Å². The highest BCUT2D eigenvalue weighted by Gasteiger charge is 2.36. The number of halogens is 4. The van der Waals surface area contributed by atoms with Gasteiger partial charge in [0.2, 0.25) is 0 Å². The van der Waals surface area contributed by atoms with E-state index in [9.17, 15) is 22.4 Å². The third-order valence-corrected chi connectivity index (χ3v) is 3.33. The maximum atomic E-state index is 13.9. The van der Waals surface area contributed by atoms with Crippen LogP contribution in [0.2, 0.25) is 0 Å². The fourth-order valence-corrected chi connectivity index (χ4v) is 2.10. The van der Waals surface area contributed by atoms with Crippen LogP contribution in [0.1, 0.15) is 15.9 Å². The summed E-state index contributed by atoms with van der Waals surface area (Å²) in [5.74, 6) is -2.19. The highest BCUT2D eigenvalue weighted by Crippen LogP contribution is 2.32. The summed E-state index contributed by atoms with van der Waals surface area (Å²) in [6.07, 6.45) is -4.80. The van der Waals surface area contributed by atoms with Crippen LogP contribution in [-0.4, -0.2) is 48.9 Å². The Hall–Kier alpha value is -1.63. The number of alkyl halides is 3. The standard InChI is InChI=1S/C13H14F4N2O/c1-18-5-7-19(8-6-18)12(20)9-3-2-4-10(11(9)14)13(15,16)17/h2-4H,5-8H2,1H3. The van der Waals surface area contributed by atoms with Crippen molar-refractivity contribution >= 4 is 5.91 Å². The number of hydrogen-bond acceptors (Lipinski definition) is 2. The second-order valence-electron chi connectivity index (χ2n) is 4.76. The van der Waals surface area contributed by atoms with Crippen LogP contribution in [0, 0.1) is 5.82 Å². The minimum atomic E-state index is -4.80. The zero-order chi connectivity index (χ0) is 14.9. The molecule has 1 aromatic rings. The molecule has 1 saturated heterocycles. The lowest BCUT2D eigenvalue weighted by atomic mass is 10.1. The monoisotopic (exact) mass is 290 g/mol. The molecule has 0 radical (unpaired) electrons. The Morgan fingerprint density at radius 3 is 2.30 bits per heavy atom. The minimum absolute atomic E-state index is 0.380. The van der Waals surface area contributed by atoms with Gasteiger partial charge in [-0.05, 0) is 19.2 Å². The molecule has 110 valence electrons. The van der Waals surface area contributed by atoms with Crippen molar-refractivity contribution in [2.45, 2.75) is 6.18 Å². The van der Waals surface area contributed by atoms with Crippen molar-refractivity contribution in [2.24, 2.45) is 0 Å². The highest BCUT2D eigenvalue weighted by atomic mass is 19.4. The maximum absolute atomic E-state index is 13.9. The lowest BCUT2D eigenvalue weighted by molar-refractivity contribution is -0.140. The number of hydrogen-bond donors (Lipinski definition) is 0.